The van der Waals surface area contributed by atoms with E-state index >= 15 is 0 Å². The monoisotopic (exact) mass is 376 g/mol. The number of esters is 4. The van der Waals surface area contributed by atoms with Crippen LogP contribution in [0.3, 0.4) is 0 Å². The van der Waals surface area contributed by atoms with Gasteiger partial charge in [0.05, 0.1) is 13.2 Å². The Morgan fingerprint density at radius 1 is 0.808 bits per heavy atom. The van der Waals surface area contributed by atoms with Gasteiger partial charge in [0.2, 0.25) is 0 Å². The highest BCUT2D eigenvalue weighted by Gasteiger charge is 2.55. The van der Waals surface area contributed by atoms with Gasteiger partial charge < -0.3 is 28.4 Å². The molecule has 0 aromatic heterocycles. The molecule has 0 spiro atoms. The molecule has 1 aliphatic heterocycles. The molecule has 0 radical (unpaired) electrons. The van der Waals surface area contributed by atoms with Crippen LogP contribution >= 0.6 is 0 Å². The van der Waals surface area contributed by atoms with Gasteiger partial charge in [0.25, 0.3) is 0 Å². The summed E-state index contributed by atoms with van der Waals surface area (Å²) >= 11 is 0. The first kappa shape index (κ1) is 21.8. The molecule has 5 atom stereocenters. The lowest BCUT2D eigenvalue weighted by Gasteiger charge is -2.43. The molecule has 0 N–H and O–H groups in total. The summed E-state index contributed by atoms with van der Waals surface area (Å²) < 4.78 is 31.3. The summed E-state index contributed by atoms with van der Waals surface area (Å²) in [6, 6.07) is 0. The summed E-state index contributed by atoms with van der Waals surface area (Å²) in [5, 5.41) is 0. The molecule has 0 unspecified atom stereocenters. The van der Waals surface area contributed by atoms with Gasteiger partial charge in [-0.15, -0.1) is 0 Å². The summed E-state index contributed by atoms with van der Waals surface area (Å²) in [5.41, 5.74) is 0. The molecule has 1 aliphatic rings. The standard InChI is InChI=1S/C16H24O10/c1-7(2)22-16-14(25-10(5)19)12(24-9(4)18)11(23-8(3)17)13(26-16)15(20)21-6/h7,11-14,16H,1-6H3/t11-,12-,13-,14+,16-/m0/s1. The van der Waals surface area contributed by atoms with E-state index in [1.165, 1.54) is 0 Å². The predicted molar refractivity (Wildman–Crippen MR) is 83.6 cm³/mol. The first-order valence-corrected chi connectivity index (χ1v) is 7.97. The minimum Gasteiger partial charge on any atom is -0.467 e. The van der Waals surface area contributed by atoms with E-state index in [2.05, 4.69) is 4.74 Å². The van der Waals surface area contributed by atoms with E-state index in [1.54, 1.807) is 13.8 Å². The second-order valence-electron chi connectivity index (χ2n) is 5.86. The van der Waals surface area contributed by atoms with E-state index in [-0.39, 0.29) is 6.10 Å². The molecule has 148 valence electrons. The smallest absolute Gasteiger partial charge is 0.339 e. The van der Waals surface area contributed by atoms with Crippen LogP contribution in [0, 0.1) is 0 Å². The Balaban J connectivity index is 3.35. The third-order valence-corrected chi connectivity index (χ3v) is 3.24. The van der Waals surface area contributed by atoms with Gasteiger partial charge in [-0.1, -0.05) is 0 Å². The van der Waals surface area contributed by atoms with Gasteiger partial charge in [-0.2, -0.15) is 0 Å². The maximum Gasteiger partial charge on any atom is 0.339 e. The van der Waals surface area contributed by atoms with Crippen molar-refractivity contribution >= 4 is 23.9 Å². The molecular weight excluding hydrogens is 352 g/mol. The van der Waals surface area contributed by atoms with E-state index in [4.69, 9.17) is 23.7 Å². The second-order valence-corrected chi connectivity index (χ2v) is 5.86. The Kier molecular flexibility index (Phi) is 7.97. The van der Waals surface area contributed by atoms with Crippen molar-refractivity contribution in [3.8, 4) is 0 Å². The molecule has 26 heavy (non-hydrogen) atoms. The van der Waals surface area contributed by atoms with Gasteiger partial charge in [-0.25, -0.2) is 4.79 Å². The van der Waals surface area contributed by atoms with Crippen LogP contribution in [0.15, 0.2) is 0 Å². The summed E-state index contributed by atoms with van der Waals surface area (Å²) in [4.78, 5) is 46.6. The van der Waals surface area contributed by atoms with Crippen molar-refractivity contribution in [2.45, 2.75) is 71.4 Å². The number of hydrogen-bond donors (Lipinski definition) is 0. The number of carbonyl (C=O) groups excluding carboxylic acids is 4. The highest BCUT2D eigenvalue weighted by atomic mass is 16.7. The molecule has 0 bridgehead atoms. The van der Waals surface area contributed by atoms with E-state index in [0.29, 0.717) is 0 Å². The van der Waals surface area contributed by atoms with Crippen LogP contribution < -0.4 is 0 Å². The third-order valence-electron chi connectivity index (χ3n) is 3.24. The van der Waals surface area contributed by atoms with Crippen molar-refractivity contribution in [2.75, 3.05) is 7.11 Å². The molecule has 1 saturated heterocycles. The van der Waals surface area contributed by atoms with Gasteiger partial charge in [0, 0.05) is 20.8 Å². The van der Waals surface area contributed by atoms with Crippen LogP contribution in [0.25, 0.3) is 0 Å². The summed E-state index contributed by atoms with van der Waals surface area (Å²) in [5.74, 6) is -3.06. The Labute approximate surface area is 151 Å². The highest BCUT2D eigenvalue weighted by molar-refractivity contribution is 5.77. The number of carbonyl (C=O) groups is 4. The van der Waals surface area contributed by atoms with Gasteiger partial charge in [0.15, 0.2) is 30.7 Å². The van der Waals surface area contributed by atoms with Gasteiger partial charge in [-0.05, 0) is 13.8 Å². The Morgan fingerprint density at radius 2 is 1.27 bits per heavy atom. The molecule has 1 heterocycles. The zero-order valence-corrected chi connectivity index (χ0v) is 15.5. The van der Waals surface area contributed by atoms with E-state index in [0.717, 1.165) is 27.9 Å². The fourth-order valence-corrected chi connectivity index (χ4v) is 2.46. The van der Waals surface area contributed by atoms with Gasteiger partial charge in [0.1, 0.15) is 0 Å². The molecule has 0 aromatic rings. The molecular formula is C16H24O10. The van der Waals surface area contributed by atoms with Crippen molar-refractivity contribution in [1.29, 1.82) is 0 Å². The van der Waals surface area contributed by atoms with Crippen LogP contribution in [-0.2, 0) is 47.6 Å². The minimum absolute atomic E-state index is 0.375. The summed E-state index contributed by atoms with van der Waals surface area (Å²) in [6.45, 7) is 6.76. The summed E-state index contributed by atoms with van der Waals surface area (Å²) in [7, 11) is 1.12. The summed E-state index contributed by atoms with van der Waals surface area (Å²) in [6.07, 6.45) is -7.05. The largest absolute Gasteiger partial charge is 0.467 e. The van der Waals surface area contributed by atoms with Gasteiger partial charge >= 0.3 is 23.9 Å². The van der Waals surface area contributed by atoms with Crippen LogP contribution in [0.4, 0.5) is 0 Å². The lowest BCUT2D eigenvalue weighted by Crippen LogP contribution is -2.64. The van der Waals surface area contributed by atoms with Crippen molar-refractivity contribution in [3.63, 3.8) is 0 Å². The zero-order chi connectivity index (χ0) is 20.0. The Morgan fingerprint density at radius 3 is 1.69 bits per heavy atom. The molecule has 0 aliphatic carbocycles. The Hall–Kier alpha value is -2.20. The zero-order valence-electron chi connectivity index (χ0n) is 15.5. The average molecular weight is 376 g/mol. The van der Waals surface area contributed by atoms with Crippen LogP contribution in [-0.4, -0.2) is 67.8 Å². The van der Waals surface area contributed by atoms with Crippen LogP contribution in [0.5, 0.6) is 0 Å². The van der Waals surface area contributed by atoms with Crippen molar-refractivity contribution < 1.29 is 47.6 Å². The number of ether oxygens (including phenoxy) is 6. The Bertz CT molecular complexity index is 543. The minimum atomic E-state index is -1.44. The SMILES string of the molecule is COC(=O)[C@H]1O[C@H](OC(C)C)[C@H](OC(C)=O)[C@@H](OC(C)=O)[C@@H]1OC(C)=O. The molecule has 0 aromatic carbocycles. The first-order chi connectivity index (χ1) is 12.1. The van der Waals surface area contributed by atoms with E-state index < -0.39 is 54.6 Å². The van der Waals surface area contributed by atoms with E-state index in [9.17, 15) is 19.2 Å². The van der Waals surface area contributed by atoms with Crippen LogP contribution in [0.1, 0.15) is 34.6 Å². The second kappa shape index (κ2) is 9.48. The molecule has 10 nitrogen and oxygen atoms in total. The first-order valence-electron chi connectivity index (χ1n) is 7.97. The maximum absolute atomic E-state index is 12.1. The quantitative estimate of drug-likeness (QED) is 0.466. The molecule has 1 rings (SSSR count). The predicted octanol–water partition coefficient (Wildman–Crippen LogP) is 0.104. The fourth-order valence-electron chi connectivity index (χ4n) is 2.46. The lowest BCUT2D eigenvalue weighted by molar-refractivity contribution is -0.308. The molecule has 0 saturated carbocycles. The van der Waals surface area contributed by atoms with Gasteiger partial charge in [-0.3, -0.25) is 14.4 Å². The normalized spacial score (nSPS) is 28.2. The van der Waals surface area contributed by atoms with Crippen molar-refractivity contribution in [1.82, 2.24) is 0 Å². The fraction of sp³-hybridized carbons (Fsp3) is 0.750. The number of hydrogen-bond acceptors (Lipinski definition) is 10. The van der Waals surface area contributed by atoms with Crippen molar-refractivity contribution in [2.24, 2.45) is 0 Å². The topological polar surface area (TPSA) is 124 Å². The molecule has 1 fully saturated rings. The third kappa shape index (κ3) is 5.95. The molecule has 10 heteroatoms. The maximum atomic E-state index is 12.1. The molecule has 0 amide bonds. The highest BCUT2D eigenvalue weighted by Crippen LogP contribution is 2.30. The van der Waals surface area contributed by atoms with E-state index in [1.807, 2.05) is 0 Å². The lowest BCUT2D eigenvalue weighted by atomic mass is 9.97. The number of rotatable bonds is 6. The number of methoxy groups -OCH3 is 1. The average Bonchev–Trinajstić information content (AvgIpc) is 2.50. The van der Waals surface area contributed by atoms with Crippen LogP contribution in [0.2, 0.25) is 0 Å². The van der Waals surface area contributed by atoms with Crippen molar-refractivity contribution in [3.05, 3.63) is 0 Å².